The van der Waals surface area contributed by atoms with E-state index in [1.54, 1.807) is 0 Å². The third-order valence-electron chi connectivity index (χ3n) is 2.97. The van der Waals surface area contributed by atoms with Crippen LogP contribution >= 0.6 is 15.9 Å². The van der Waals surface area contributed by atoms with Crippen molar-refractivity contribution >= 4 is 21.8 Å². The first-order chi connectivity index (χ1) is 8.50. The number of carbonyl (C=O) groups is 1. The van der Waals surface area contributed by atoms with Crippen LogP contribution in [0.25, 0.3) is 0 Å². The smallest absolute Gasteiger partial charge is 0.258 e. The third-order valence-corrected chi connectivity index (χ3v) is 3.74. The number of amides is 1. The average Bonchev–Trinajstić information content (AvgIpc) is 2.35. The van der Waals surface area contributed by atoms with Crippen LogP contribution in [-0.2, 0) is 0 Å². The molecule has 0 atom stereocenters. The molecule has 0 N–H and O–H groups in total. The minimum Gasteiger partial charge on any atom is -0.338 e. The van der Waals surface area contributed by atoms with Gasteiger partial charge in [0.05, 0.1) is 10.0 Å². The molecule has 1 aromatic carbocycles. The standard InChI is InChI=1S/C12H11BrF3NO/c13-11-9(16)2-1-8(15)10(11)12(18)17-5-3-7(14)4-6-17/h1-2,7H,3-6H2. The second-order valence-electron chi connectivity index (χ2n) is 4.19. The highest BCUT2D eigenvalue weighted by Gasteiger charge is 2.27. The number of halogens is 4. The van der Waals surface area contributed by atoms with E-state index in [1.165, 1.54) is 4.90 Å². The Hall–Kier alpha value is -1.04. The zero-order chi connectivity index (χ0) is 13.3. The van der Waals surface area contributed by atoms with E-state index in [-0.39, 0.29) is 36.0 Å². The van der Waals surface area contributed by atoms with Crippen molar-refractivity contribution in [3.63, 3.8) is 0 Å². The number of hydrogen-bond donors (Lipinski definition) is 0. The number of carbonyl (C=O) groups excluding carboxylic acids is 1. The Labute approximate surface area is 111 Å². The normalized spacial score (nSPS) is 17.0. The lowest BCUT2D eigenvalue weighted by Gasteiger charge is -2.29. The van der Waals surface area contributed by atoms with E-state index < -0.39 is 23.7 Å². The fourth-order valence-corrected chi connectivity index (χ4v) is 2.42. The molecule has 1 amide bonds. The molecule has 0 spiro atoms. The van der Waals surface area contributed by atoms with Gasteiger partial charge >= 0.3 is 0 Å². The van der Waals surface area contributed by atoms with Crippen LogP contribution in [0.15, 0.2) is 16.6 Å². The number of likely N-dealkylation sites (tertiary alicyclic amines) is 1. The van der Waals surface area contributed by atoms with Crippen molar-refractivity contribution < 1.29 is 18.0 Å². The predicted octanol–water partition coefficient (Wildman–Crippen LogP) is 3.30. The van der Waals surface area contributed by atoms with Crippen LogP contribution in [0.1, 0.15) is 23.2 Å². The van der Waals surface area contributed by atoms with E-state index >= 15 is 0 Å². The summed E-state index contributed by atoms with van der Waals surface area (Å²) in [4.78, 5) is 13.4. The van der Waals surface area contributed by atoms with Crippen molar-refractivity contribution in [1.29, 1.82) is 0 Å². The summed E-state index contributed by atoms with van der Waals surface area (Å²) in [6, 6.07) is 1.86. The molecule has 2 rings (SSSR count). The van der Waals surface area contributed by atoms with Crippen LogP contribution in [-0.4, -0.2) is 30.1 Å². The Bertz CT molecular complexity index is 473. The lowest BCUT2D eigenvalue weighted by molar-refractivity contribution is 0.0660. The number of alkyl halides is 1. The summed E-state index contributed by atoms with van der Waals surface area (Å²) in [5.74, 6) is -2.08. The first-order valence-corrected chi connectivity index (χ1v) is 6.37. The van der Waals surface area contributed by atoms with Crippen molar-refractivity contribution in [2.24, 2.45) is 0 Å². The van der Waals surface area contributed by atoms with Gasteiger partial charge in [0.25, 0.3) is 5.91 Å². The molecular weight excluding hydrogens is 311 g/mol. The zero-order valence-corrected chi connectivity index (χ0v) is 11.0. The Morgan fingerprint density at radius 2 is 1.78 bits per heavy atom. The van der Waals surface area contributed by atoms with Crippen LogP contribution in [0.5, 0.6) is 0 Å². The summed E-state index contributed by atoms with van der Waals surface area (Å²) in [5, 5.41) is 0. The minimum absolute atomic E-state index is 0.185. The van der Waals surface area contributed by atoms with Gasteiger partial charge in [0.2, 0.25) is 0 Å². The lowest BCUT2D eigenvalue weighted by Crippen LogP contribution is -2.39. The molecule has 0 aromatic heterocycles. The van der Waals surface area contributed by atoms with Crippen molar-refractivity contribution in [3.8, 4) is 0 Å². The van der Waals surface area contributed by atoms with Gasteiger partial charge < -0.3 is 4.90 Å². The minimum atomic E-state index is -0.921. The molecule has 0 radical (unpaired) electrons. The fraction of sp³-hybridized carbons (Fsp3) is 0.417. The molecule has 1 fully saturated rings. The Morgan fingerprint density at radius 3 is 2.39 bits per heavy atom. The Morgan fingerprint density at radius 1 is 1.22 bits per heavy atom. The van der Waals surface area contributed by atoms with E-state index in [2.05, 4.69) is 15.9 Å². The number of benzene rings is 1. The largest absolute Gasteiger partial charge is 0.338 e. The summed E-state index contributed by atoms with van der Waals surface area (Å²) >= 11 is 2.87. The summed E-state index contributed by atoms with van der Waals surface area (Å²) in [6.45, 7) is 0.449. The molecule has 0 aliphatic carbocycles. The third kappa shape index (κ3) is 2.53. The van der Waals surface area contributed by atoms with Crippen molar-refractivity contribution in [1.82, 2.24) is 4.90 Å². The van der Waals surface area contributed by atoms with E-state index in [0.717, 1.165) is 12.1 Å². The second-order valence-corrected chi connectivity index (χ2v) is 4.98. The van der Waals surface area contributed by atoms with Gasteiger partial charge in [-0.25, -0.2) is 13.2 Å². The van der Waals surface area contributed by atoms with E-state index in [0.29, 0.717) is 0 Å². The number of piperidine rings is 1. The van der Waals surface area contributed by atoms with Gasteiger partial charge in [-0.1, -0.05) is 0 Å². The molecule has 1 saturated heterocycles. The zero-order valence-electron chi connectivity index (χ0n) is 9.43. The highest BCUT2D eigenvalue weighted by molar-refractivity contribution is 9.10. The molecule has 6 heteroatoms. The van der Waals surface area contributed by atoms with Crippen LogP contribution in [0, 0.1) is 11.6 Å². The maximum Gasteiger partial charge on any atom is 0.258 e. The molecule has 1 aromatic rings. The van der Waals surface area contributed by atoms with E-state index in [9.17, 15) is 18.0 Å². The second kappa shape index (κ2) is 5.30. The summed E-state index contributed by atoms with van der Waals surface area (Å²) < 4.78 is 39.7. The summed E-state index contributed by atoms with van der Waals surface area (Å²) in [5.41, 5.74) is -0.327. The lowest BCUT2D eigenvalue weighted by atomic mass is 10.1. The molecular formula is C12H11BrF3NO. The fourth-order valence-electron chi connectivity index (χ4n) is 1.93. The van der Waals surface area contributed by atoms with Crippen LogP contribution in [0.2, 0.25) is 0 Å². The van der Waals surface area contributed by atoms with Gasteiger partial charge in [-0.05, 0) is 40.9 Å². The first kappa shape index (κ1) is 13.4. The molecule has 1 aliphatic heterocycles. The molecule has 18 heavy (non-hydrogen) atoms. The predicted molar refractivity (Wildman–Crippen MR) is 64.1 cm³/mol. The molecule has 1 heterocycles. The van der Waals surface area contributed by atoms with Crippen molar-refractivity contribution in [2.75, 3.05) is 13.1 Å². The number of hydrogen-bond acceptors (Lipinski definition) is 1. The van der Waals surface area contributed by atoms with Gasteiger partial charge in [0.15, 0.2) is 0 Å². The van der Waals surface area contributed by atoms with Crippen LogP contribution in [0.4, 0.5) is 13.2 Å². The van der Waals surface area contributed by atoms with E-state index in [1.807, 2.05) is 0 Å². The Balaban J connectivity index is 2.26. The van der Waals surface area contributed by atoms with E-state index in [4.69, 9.17) is 0 Å². The molecule has 0 saturated carbocycles. The van der Waals surface area contributed by atoms with Gasteiger partial charge in [-0.2, -0.15) is 0 Å². The van der Waals surface area contributed by atoms with Gasteiger partial charge in [0.1, 0.15) is 17.8 Å². The highest BCUT2D eigenvalue weighted by Crippen LogP contribution is 2.26. The monoisotopic (exact) mass is 321 g/mol. The molecule has 98 valence electrons. The molecule has 0 unspecified atom stereocenters. The average molecular weight is 322 g/mol. The van der Waals surface area contributed by atoms with Crippen molar-refractivity contribution in [3.05, 3.63) is 33.8 Å². The SMILES string of the molecule is O=C(c1c(F)ccc(F)c1Br)N1CCC(F)CC1. The van der Waals surface area contributed by atoms with Crippen LogP contribution < -0.4 is 0 Å². The quantitative estimate of drug-likeness (QED) is 0.727. The van der Waals surface area contributed by atoms with Crippen molar-refractivity contribution in [2.45, 2.75) is 19.0 Å². The summed E-state index contributed by atoms with van der Waals surface area (Å²) in [6.07, 6.45) is -0.449. The Kier molecular flexibility index (Phi) is 3.94. The van der Waals surface area contributed by atoms with Gasteiger partial charge in [-0.15, -0.1) is 0 Å². The molecule has 1 aliphatic rings. The number of nitrogens with zero attached hydrogens (tertiary/aromatic N) is 1. The maximum absolute atomic E-state index is 13.6. The van der Waals surface area contributed by atoms with Gasteiger partial charge in [-0.3, -0.25) is 4.79 Å². The number of rotatable bonds is 1. The first-order valence-electron chi connectivity index (χ1n) is 5.57. The highest BCUT2D eigenvalue weighted by atomic mass is 79.9. The topological polar surface area (TPSA) is 20.3 Å². The van der Waals surface area contributed by atoms with Gasteiger partial charge in [0, 0.05) is 13.1 Å². The summed E-state index contributed by atoms with van der Waals surface area (Å²) in [7, 11) is 0. The van der Waals surface area contributed by atoms with Crippen LogP contribution in [0.3, 0.4) is 0 Å². The molecule has 2 nitrogen and oxygen atoms in total. The molecule has 0 bridgehead atoms. The maximum atomic E-state index is 13.6.